The molecule has 26 heavy (non-hydrogen) atoms. The van der Waals surface area contributed by atoms with Crippen molar-refractivity contribution in [1.82, 2.24) is 9.62 Å². The first-order valence-electron chi connectivity index (χ1n) is 8.37. The summed E-state index contributed by atoms with van der Waals surface area (Å²) in [6.07, 6.45) is 1.88. The van der Waals surface area contributed by atoms with Gasteiger partial charge in [0.05, 0.1) is 5.69 Å². The van der Waals surface area contributed by atoms with Gasteiger partial charge in [0.25, 0.3) is 10.0 Å². The number of fused-ring (bicyclic) bond motifs is 1. The van der Waals surface area contributed by atoms with Crippen molar-refractivity contribution >= 4 is 28.0 Å². The molecule has 0 bridgehead atoms. The zero-order valence-electron chi connectivity index (χ0n) is 14.7. The molecule has 2 aromatic rings. The lowest BCUT2D eigenvalue weighted by atomic mass is 10.0. The van der Waals surface area contributed by atoms with Gasteiger partial charge < -0.3 is 5.32 Å². The molecule has 0 aromatic heterocycles. The fourth-order valence-electron chi connectivity index (χ4n) is 2.90. The lowest BCUT2D eigenvalue weighted by molar-refractivity contribution is -0.121. The van der Waals surface area contributed by atoms with E-state index in [-0.39, 0.29) is 23.4 Å². The number of nitrogens with one attached hydrogen (secondary N) is 1. The molecule has 1 amide bonds. The summed E-state index contributed by atoms with van der Waals surface area (Å²) in [4.78, 5) is 16.6. The molecule has 0 unspecified atom stereocenters. The van der Waals surface area contributed by atoms with Gasteiger partial charge in [-0.05, 0) is 43.5 Å². The zero-order chi connectivity index (χ0) is 18.7. The largest absolute Gasteiger partial charge is 0.352 e. The Balaban J connectivity index is 1.65. The van der Waals surface area contributed by atoms with Gasteiger partial charge in [0.2, 0.25) is 5.91 Å². The minimum Gasteiger partial charge on any atom is -0.352 e. The third-order valence-corrected chi connectivity index (χ3v) is 6.01. The van der Waals surface area contributed by atoms with Crippen LogP contribution < -0.4 is 5.32 Å². The third-order valence-electron chi connectivity index (χ3n) is 4.27. The fourth-order valence-corrected chi connectivity index (χ4v) is 4.25. The van der Waals surface area contributed by atoms with E-state index in [0.717, 1.165) is 15.4 Å². The molecule has 1 aliphatic heterocycles. The van der Waals surface area contributed by atoms with Gasteiger partial charge in [-0.2, -0.15) is 0 Å². The summed E-state index contributed by atoms with van der Waals surface area (Å²) >= 11 is 0. The van der Waals surface area contributed by atoms with Crippen molar-refractivity contribution in [3.63, 3.8) is 0 Å². The van der Waals surface area contributed by atoms with Crippen LogP contribution in [0.4, 0.5) is 5.69 Å². The maximum atomic E-state index is 12.6. The summed E-state index contributed by atoms with van der Waals surface area (Å²) in [7, 11) is -3.76. The topological polar surface area (TPSA) is 78.8 Å². The number of para-hydroxylation sites is 1. The van der Waals surface area contributed by atoms with Crippen molar-refractivity contribution < 1.29 is 13.2 Å². The number of rotatable bonds is 5. The molecule has 6 nitrogen and oxygen atoms in total. The Bertz CT molecular complexity index is 954. The van der Waals surface area contributed by atoms with E-state index in [0.29, 0.717) is 12.1 Å². The molecular weight excluding hydrogens is 350 g/mol. The predicted molar refractivity (Wildman–Crippen MR) is 101 cm³/mol. The molecule has 0 saturated heterocycles. The highest BCUT2D eigenvalue weighted by molar-refractivity contribution is 7.89. The molecule has 0 aliphatic carbocycles. The van der Waals surface area contributed by atoms with Crippen LogP contribution >= 0.6 is 0 Å². The second kappa shape index (κ2) is 7.29. The summed E-state index contributed by atoms with van der Waals surface area (Å²) in [6.45, 7) is 3.63. The molecule has 0 saturated carbocycles. The number of sulfonamides is 1. The molecule has 1 heterocycles. The molecule has 0 spiro atoms. The van der Waals surface area contributed by atoms with Crippen molar-refractivity contribution in [1.29, 1.82) is 0 Å². The van der Waals surface area contributed by atoms with Crippen molar-refractivity contribution in [2.24, 2.45) is 4.99 Å². The number of carbonyl (C=O) groups is 1. The second-order valence-corrected chi connectivity index (χ2v) is 8.22. The highest BCUT2D eigenvalue weighted by Crippen LogP contribution is 2.29. The highest BCUT2D eigenvalue weighted by Gasteiger charge is 2.30. The molecular formula is C19H21N3O3S. The minimum atomic E-state index is -3.76. The summed E-state index contributed by atoms with van der Waals surface area (Å²) in [6, 6.07) is 14.4. The predicted octanol–water partition coefficient (Wildman–Crippen LogP) is 2.41. The number of hydrogen-bond donors (Lipinski definition) is 1. The Hall–Kier alpha value is -2.67. The summed E-state index contributed by atoms with van der Waals surface area (Å²) in [5, 5.41) is 2.86. The summed E-state index contributed by atoms with van der Waals surface area (Å²) in [5.41, 5.74) is 2.70. The van der Waals surface area contributed by atoms with Crippen LogP contribution in [0.5, 0.6) is 0 Å². The normalized spacial score (nSPS) is 16.0. The average molecular weight is 371 g/mol. The fraction of sp³-hybridized carbons (Fsp3) is 0.263. The molecule has 136 valence electrons. The van der Waals surface area contributed by atoms with Gasteiger partial charge in [-0.25, -0.2) is 17.7 Å². The SMILES string of the molecule is Cc1ccccc1C[C@H](C)NC(=O)CN1C=Nc2ccccc2S1(=O)=O. The van der Waals surface area contributed by atoms with Crippen LogP contribution in [0, 0.1) is 6.92 Å². The Morgan fingerprint density at radius 1 is 1.15 bits per heavy atom. The smallest absolute Gasteiger partial charge is 0.267 e. The third kappa shape index (κ3) is 3.77. The molecule has 7 heteroatoms. The Labute approximate surface area is 153 Å². The summed E-state index contributed by atoms with van der Waals surface area (Å²) < 4.78 is 26.2. The first kappa shape index (κ1) is 18.1. The van der Waals surface area contributed by atoms with E-state index < -0.39 is 10.0 Å². The maximum Gasteiger partial charge on any atom is 0.267 e. The quantitative estimate of drug-likeness (QED) is 0.877. The molecule has 2 aromatic carbocycles. The average Bonchev–Trinajstić information content (AvgIpc) is 2.60. The van der Waals surface area contributed by atoms with Gasteiger partial charge in [0.1, 0.15) is 17.8 Å². The van der Waals surface area contributed by atoms with Gasteiger partial charge in [0.15, 0.2) is 0 Å². The van der Waals surface area contributed by atoms with Gasteiger partial charge >= 0.3 is 0 Å². The van der Waals surface area contributed by atoms with E-state index >= 15 is 0 Å². The molecule has 1 N–H and O–H groups in total. The van der Waals surface area contributed by atoms with Crippen LogP contribution in [0.2, 0.25) is 0 Å². The zero-order valence-corrected chi connectivity index (χ0v) is 15.5. The molecule has 1 aliphatic rings. The van der Waals surface area contributed by atoms with Crippen molar-refractivity contribution in [3.8, 4) is 0 Å². The van der Waals surface area contributed by atoms with Gasteiger partial charge in [-0.1, -0.05) is 36.4 Å². The number of carbonyl (C=O) groups excluding carboxylic acids is 1. The molecule has 1 atom stereocenters. The molecule has 0 fully saturated rings. The van der Waals surface area contributed by atoms with E-state index in [1.807, 2.05) is 38.1 Å². The van der Waals surface area contributed by atoms with Crippen molar-refractivity contribution in [2.45, 2.75) is 31.2 Å². The van der Waals surface area contributed by atoms with Crippen LogP contribution in [0.15, 0.2) is 58.4 Å². The monoisotopic (exact) mass is 371 g/mol. The number of nitrogens with zero attached hydrogens (tertiary/aromatic N) is 2. The minimum absolute atomic E-state index is 0.111. The maximum absolute atomic E-state index is 12.6. The lowest BCUT2D eigenvalue weighted by Crippen LogP contribution is -2.44. The number of aryl methyl sites for hydroxylation is 1. The lowest BCUT2D eigenvalue weighted by Gasteiger charge is -2.24. The van der Waals surface area contributed by atoms with E-state index in [2.05, 4.69) is 10.3 Å². The van der Waals surface area contributed by atoms with Crippen LogP contribution in [-0.4, -0.2) is 37.6 Å². The summed E-state index contributed by atoms with van der Waals surface area (Å²) in [5.74, 6) is -0.361. The Kier molecular flexibility index (Phi) is 5.08. The number of amides is 1. The van der Waals surface area contributed by atoms with E-state index in [9.17, 15) is 13.2 Å². The van der Waals surface area contributed by atoms with E-state index in [1.165, 1.54) is 12.4 Å². The second-order valence-electron chi connectivity index (χ2n) is 6.36. The van der Waals surface area contributed by atoms with Crippen molar-refractivity contribution in [3.05, 3.63) is 59.7 Å². The van der Waals surface area contributed by atoms with Gasteiger partial charge in [0, 0.05) is 6.04 Å². The first-order chi connectivity index (χ1) is 12.4. The van der Waals surface area contributed by atoms with Crippen LogP contribution in [0.3, 0.4) is 0 Å². The number of benzene rings is 2. The Morgan fingerprint density at radius 3 is 2.62 bits per heavy atom. The number of hydrogen-bond acceptors (Lipinski definition) is 4. The van der Waals surface area contributed by atoms with Gasteiger partial charge in [-0.3, -0.25) is 4.79 Å². The standard InChI is InChI=1S/C19H21N3O3S/c1-14-7-3-4-8-16(14)11-15(2)21-19(23)12-22-13-20-17-9-5-6-10-18(17)26(22,24)25/h3-10,13,15H,11-12H2,1-2H3,(H,21,23)/t15-/m0/s1. The van der Waals surface area contributed by atoms with E-state index in [1.54, 1.807) is 18.2 Å². The molecule has 3 rings (SSSR count). The van der Waals surface area contributed by atoms with E-state index in [4.69, 9.17) is 0 Å². The van der Waals surface area contributed by atoms with Crippen LogP contribution in [-0.2, 0) is 21.2 Å². The Morgan fingerprint density at radius 2 is 1.85 bits per heavy atom. The highest BCUT2D eigenvalue weighted by atomic mass is 32.2. The first-order valence-corrected chi connectivity index (χ1v) is 9.81. The number of aliphatic imine (C=N–C) groups is 1. The van der Waals surface area contributed by atoms with Crippen LogP contribution in [0.1, 0.15) is 18.1 Å². The van der Waals surface area contributed by atoms with Crippen LogP contribution in [0.25, 0.3) is 0 Å². The van der Waals surface area contributed by atoms with Gasteiger partial charge in [-0.15, -0.1) is 0 Å². The van der Waals surface area contributed by atoms with Crippen molar-refractivity contribution in [2.75, 3.05) is 6.54 Å². The molecule has 0 radical (unpaired) electrons.